The Hall–Kier alpha value is -1.85. The van der Waals surface area contributed by atoms with Crippen LogP contribution in [0, 0.1) is 0 Å². The number of sulfonamides is 1. The number of rotatable bonds is 6. The van der Waals surface area contributed by atoms with Gasteiger partial charge in [-0.25, -0.2) is 12.7 Å². The lowest BCUT2D eigenvalue weighted by atomic mass is 10.1. The Morgan fingerprint density at radius 3 is 2.29 bits per heavy atom. The molecule has 0 bridgehead atoms. The molecule has 5 heteroatoms. The number of hydrogen-bond donors (Lipinski definition) is 0. The molecule has 0 aliphatic carbocycles. The summed E-state index contributed by atoms with van der Waals surface area (Å²) in [6.45, 7) is 2.51. The van der Waals surface area contributed by atoms with Crippen molar-refractivity contribution in [2.75, 3.05) is 25.0 Å². The van der Waals surface area contributed by atoms with E-state index in [2.05, 4.69) is 11.0 Å². The first-order valence-electron chi connectivity index (χ1n) is 8.37. The zero-order valence-electron chi connectivity index (χ0n) is 14.1. The molecule has 2 aromatic rings. The lowest BCUT2D eigenvalue weighted by Crippen LogP contribution is -2.29. The van der Waals surface area contributed by atoms with E-state index in [-0.39, 0.29) is 5.75 Å². The molecule has 128 valence electrons. The molecule has 1 heterocycles. The Labute approximate surface area is 144 Å². The molecule has 0 radical (unpaired) electrons. The number of anilines is 1. The number of hydrogen-bond acceptors (Lipinski definition) is 3. The average Bonchev–Trinajstić information content (AvgIpc) is 3.10. The van der Waals surface area contributed by atoms with Crippen molar-refractivity contribution in [1.29, 1.82) is 0 Å². The van der Waals surface area contributed by atoms with Crippen molar-refractivity contribution in [1.82, 2.24) is 4.31 Å². The topological polar surface area (TPSA) is 40.6 Å². The number of nitrogens with zero attached hydrogens (tertiary/aromatic N) is 2. The van der Waals surface area contributed by atoms with Crippen molar-refractivity contribution in [2.45, 2.75) is 25.1 Å². The summed E-state index contributed by atoms with van der Waals surface area (Å²) in [6.07, 6.45) is 2.41. The quantitative estimate of drug-likeness (QED) is 0.808. The van der Waals surface area contributed by atoms with Crippen LogP contribution in [0.3, 0.4) is 0 Å². The second-order valence-corrected chi connectivity index (χ2v) is 8.40. The molecule has 0 amide bonds. The van der Waals surface area contributed by atoms with E-state index in [1.54, 1.807) is 7.05 Å². The molecule has 1 fully saturated rings. The molecule has 0 N–H and O–H groups in total. The van der Waals surface area contributed by atoms with Crippen molar-refractivity contribution in [3.05, 3.63) is 65.7 Å². The molecule has 2 aromatic carbocycles. The highest BCUT2D eigenvalue weighted by Crippen LogP contribution is 2.26. The first-order valence-corrected chi connectivity index (χ1v) is 9.98. The molecule has 0 spiro atoms. The second kappa shape index (κ2) is 7.36. The van der Waals surface area contributed by atoms with Crippen molar-refractivity contribution in [3.63, 3.8) is 0 Å². The maximum Gasteiger partial charge on any atom is 0.218 e. The Morgan fingerprint density at radius 1 is 0.958 bits per heavy atom. The first kappa shape index (κ1) is 17.0. The van der Waals surface area contributed by atoms with E-state index in [0.717, 1.165) is 29.9 Å². The van der Waals surface area contributed by atoms with E-state index in [4.69, 9.17) is 0 Å². The van der Waals surface area contributed by atoms with Gasteiger partial charge in [0, 0.05) is 32.4 Å². The summed E-state index contributed by atoms with van der Waals surface area (Å²) in [5.74, 6) is 0.0379. The van der Waals surface area contributed by atoms with Crippen molar-refractivity contribution < 1.29 is 8.42 Å². The van der Waals surface area contributed by atoms with Crippen LogP contribution in [0.25, 0.3) is 0 Å². The van der Waals surface area contributed by atoms with Gasteiger partial charge in [-0.2, -0.15) is 0 Å². The van der Waals surface area contributed by atoms with Crippen LogP contribution in [0.4, 0.5) is 5.69 Å². The summed E-state index contributed by atoms with van der Waals surface area (Å²) in [5.41, 5.74) is 3.05. The van der Waals surface area contributed by atoms with Crippen LogP contribution >= 0.6 is 0 Å². The third-order valence-electron chi connectivity index (χ3n) is 4.50. The monoisotopic (exact) mass is 344 g/mol. The zero-order chi connectivity index (χ0) is 17.0. The lowest BCUT2D eigenvalue weighted by Gasteiger charge is -2.24. The highest BCUT2D eigenvalue weighted by Gasteiger charge is 2.21. The van der Waals surface area contributed by atoms with Crippen LogP contribution in [0.5, 0.6) is 0 Å². The standard InChI is InChI=1S/C19H24N2O2S/c1-20(24(22,23)16-17-9-3-2-4-10-17)15-18-11-5-6-12-19(18)21-13-7-8-14-21/h2-6,9-12H,7-8,13-16H2,1H3. The maximum atomic E-state index is 12.6. The van der Waals surface area contributed by atoms with Crippen molar-refractivity contribution >= 4 is 15.7 Å². The van der Waals surface area contributed by atoms with E-state index in [9.17, 15) is 8.42 Å². The van der Waals surface area contributed by atoms with Crippen LogP contribution in [-0.2, 0) is 22.3 Å². The van der Waals surface area contributed by atoms with E-state index in [1.165, 1.54) is 17.1 Å². The van der Waals surface area contributed by atoms with E-state index < -0.39 is 10.0 Å². The zero-order valence-corrected chi connectivity index (χ0v) is 14.9. The molecular weight excluding hydrogens is 320 g/mol. The third kappa shape index (κ3) is 3.97. The summed E-state index contributed by atoms with van der Waals surface area (Å²) in [5, 5.41) is 0. The van der Waals surface area contributed by atoms with Gasteiger partial charge >= 0.3 is 0 Å². The van der Waals surface area contributed by atoms with Gasteiger partial charge in [0.2, 0.25) is 10.0 Å². The Bertz CT molecular complexity index is 769. The van der Waals surface area contributed by atoms with Gasteiger partial charge in [-0.3, -0.25) is 0 Å². The predicted octanol–water partition coefficient (Wildman–Crippen LogP) is 3.25. The fraction of sp³-hybridized carbons (Fsp3) is 0.368. The van der Waals surface area contributed by atoms with E-state index in [1.807, 2.05) is 48.5 Å². The van der Waals surface area contributed by atoms with Crippen molar-refractivity contribution in [2.24, 2.45) is 0 Å². The average molecular weight is 344 g/mol. The summed E-state index contributed by atoms with van der Waals surface area (Å²) in [4.78, 5) is 2.35. The first-order chi connectivity index (χ1) is 11.6. The van der Waals surface area contributed by atoms with Crippen LogP contribution in [0.1, 0.15) is 24.0 Å². The van der Waals surface area contributed by atoms with Gasteiger partial charge < -0.3 is 4.90 Å². The highest BCUT2D eigenvalue weighted by molar-refractivity contribution is 7.88. The number of para-hydroxylation sites is 1. The van der Waals surface area contributed by atoms with Crippen LogP contribution in [-0.4, -0.2) is 32.9 Å². The molecule has 24 heavy (non-hydrogen) atoms. The van der Waals surface area contributed by atoms with Gasteiger partial charge in [0.1, 0.15) is 0 Å². The molecule has 0 aromatic heterocycles. The summed E-state index contributed by atoms with van der Waals surface area (Å²) in [7, 11) is -1.67. The van der Waals surface area contributed by atoms with Gasteiger partial charge in [0.25, 0.3) is 0 Å². The molecule has 4 nitrogen and oxygen atoms in total. The highest BCUT2D eigenvalue weighted by atomic mass is 32.2. The van der Waals surface area contributed by atoms with Crippen molar-refractivity contribution in [3.8, 4) is 0 Å². The van der Waals surface area contributed by atoms with E-state index >= 15 is 0 Å². The van der Waals surface area contributed by atoms with Gasteiger partial charge in [0.15, 0.2) is 0 Å². The fourth-order valence-corrected chi connectivity index (χ4v) is 4.31. The van der Waals surface area contributed by atoms with Crippen LogP contribution in [0.15, 0.2) is 54.6 Å². The lowest BCUT2D eigenvalue weighted by molar-refractivity contribution is 0.466. The minimum absolute atomic E-state index is 0.0379. The van der Waals surface area contributed by atoms with Gasteiger partial charge in [0.05, 0.1) is 5.75 Å². The molecular formula is C19H24N2O2S. The molecule has 0 unspecified atom stereocenters. The molecule has 3 rings (SSSR count). The normalized spacial score (nSPS) is 15.2. The number of benzene rings is 2. The minimum atomic E-state index is -3.34. The SMILES string of the molecule is CN(Cc1ccccc1N1CCCC1)S(=O)(=O)Cc1ccccc1. The Balaban J connectivity index is 1.76. The summed E-state index contributed by atoms with van der Waals surface area (Å²) >= 11 is 0. The maximum absolute atomic E-state index is 12.6. The Morgan fingerprint density at radius 2 is 1.58 bits per heavy atom. The summed E-state index contributed by atoms with van der Waals surface area (Å²) in [6, 6.07) is 17.5. The molecule has 0 saturated carbocycles. The minimum Gasteiger partial charge on any atom is -0.371 e. The van der Waals surface area contributed by atoms with Crippen LogP contribution in [0.2, 0.25) is 0 Å². The molecule has 1 aliphatic rings. The molecule has 1 saturated heterocycles. The second-order valence-electron chi connectivity index (χ2n) is 6.32. The predicted molar refractivity (Wildman–Crippen MR) is 98.4 cm³/mol. The largest absolute Gasteiger partial charge is 0.371 e. The summed E-state index contributed by atoms with van der Waals surface area (Å²) < 4.78 is 26.8. The van der Waals surface area contributed by atoms with E-state index in [0.29, 0.717) is 6.54 Å². The van der Waals surface area contributed by atoms with Gasteiger partial charge in [-0.05, 0) is 30.0 Å². The Kier molecular flexibility index (Phi) is 5.21. The third-order valence-corrected chi connectivity index (χ3v) is 6.28. The molecule has 1 aliphatic heterocycles. The van der Waals surface area contributed by atoms with Gasteiger partial charge in [-0.15, -0.1) is 0 Å². The molecule has 0 atom stereocenters. The van der Waals surface area contributed by atoms with Crippen LogP contribution < -0.4 is 4.90 Å². The smallest absolute Gasteiger partial charge is 0.218 e. The van der Waals surface area contributed by atoms with Gasteiger partial charge in [-0.1, -0.05) is 48.5 Å². The fourth-order valence-electron chi connectivity index (χ4n) is 3.14.